The van der Waals surface area contributed by atoms with E-state index in [-0.39, 0.29) is 5.57 Å². The number of benzene rings is 3. The van der Waals surface area contributed by atoms with Crippen LogP contribution >= 0.6 is 0 Å². The highest BCUT2D eigenvalue weighted by atomic mass is 15.2. The minimum Gasteiger partial charge on any atom is -0.311 e. The van der Waals surface area contributed by atoms with Gasteiger partial charge in [-0.05, 0) is 59.2 Å². The SMILES string of the molecule is Cn1cc(-c2ccc(N(c3ccc(C=C(C#N)C#N)cc3)c3ccc(-c4cnn(C)c4)cc3)cc2)cn1. The lowest BCUT2D eigenvalue weighted by Gasteiger charge is -2.26. The van der Waals surface area contributed by atoms with Gasteiger partial charge in [-0.15, -0.1) is 0 Å². The van der Waals surface area contributed by atoms with Crippen molar-refractivity contribution >= 4 is 23.1 Å². The summed E-state index contributed by atoms with van der Waals surface area (Å²) < 4.78 is 3.58. The van der Waals surface area contributed by atoms with E-state index in [9.17, 15) is 0 Å². The quantitative estimate of drug-likeness (QED) is 0.262. The monoisotopic (exact) mass is 481 g/mol. The van der Waals surface area contributed by atoms with Gasteiger partial charge in [-0.25, -0.2) is 0 Å². The van der Waals surface area contributed by atoms with Crippen molar-refractivity contribution in [2.24, 2.45) is 14.1 Å². The Labute approximate surface area is 215 Å². The molecule has 0 spiro atoms. The molecule has 0 atom stereocenters. The van der Waals surface area contributed by atoms with Crippen molar-refractivity contribution in [2.75, 3.05) is 4.90 Å². The van der Waals surface area contributed by atoms with Gasteiger partial charge in [0.05, 0.1) is 12.4 Å². The average molecular weight is 482 g/mol. The van der Waals surface area contributed by atoms with Gasteiger partial charge in [0.15, 0.2) is 0 Å². The molecule has 0 bridgehead atoms. The summed E-state index contributed by atoms with van der Waals surface area (Å²) >= 11 is 0. The van der Waals surface area contributed by atoms with Gasteiger partial charge in [0.1, 0.15) is 17.7 Å². The van der Waals surface area contributed by atoms with Crippen LogP contribution < -0.4 is 4.90 Å². The molecule has 5 rings (SSSR count). The third-order valence-corrected chi connectivity index (χ3v) is 6.03. The van der Waals surface area contributed by atoms with Gasteiger partial charge < -0.3 is 4.90 Å². The molecule has 2 aromatic heterocycles. The van der Waals surface area contributed by atoms with Crippen LogP contribution in [0.3, 0.4) is 0 Å². The maximum absolute atomic E-state index is 9.08. The van der Waals surface area contributed by atoms with Crippen molar-refractivity contribution in [1.29, 1.82) is 10.5 Å². The minimum atomic E-state index is 0.0709. The van der Waals surface area contributed by atoms with E-state index >= 15 is 0 Å². The van der Waals surface area contributed by atoms with E-state index < -0.39 is 0 Å². The summed E-state index contributed by atoms with van der Waals surface area (Å²) in [6, 6.07) is 28.3. The molecule has 0 aliphatic heterocycles. The fourth-order valence-electron chi connectivity index (χ4n) is 4.17. The molecular weight excluding hydrogens is 458 g/mol. The molecule has 7 nitrogen and oxygen atoms in total. The molecule has 178 valence electrons. The Hall–Kier alpha value is -5.40. The van der Waals surface area contributed by atoms with Crippen LogP contribution in [0.5, 0.6) is 0 Å². The van der Waals surface area contributed by atoms with Crippen LogP contribution in [0.25, 0.3) is 28.3 Å². The Morgan fingerprint density at radius 2 is 1.05 bits per heavy atom. The standard InChI is InChI=1S/C30H23N7/c1-35-20-26(18-33-35)24-5-11-29(12-6-24)37(28-9-3-22(4-10-28)15-23(16-31)17-32)30-13-7-25(8-14-30)27-19-34-36(2)21-27/h3-15,18-21H,1-2H3. The zero-order valence-corrected chi connectivity index (χ0v) is 20.4. The van der Waals surface area contributed by atoms with Gasteiger partial charge in [-0.1, -0.05) is 36.4 Å². The van der Waals surface area contributed by atoms with Gasteiger partial charge in [0.2, 0.25) is 0 Å². The molecule has 0 saturated carbocycles. The number of hydrogen-bond donors (Lipinski definition) is 0. The van der Waals surface area contributed by atoms with Crippen LogP contribution in [0.1, 0.15) is 5.56 Å². The summed E-state index contributed by atoms with van der Waals surface area (Å²) in [6.45, 7) is 0. The maximum Gasteiger partial charge on any atom is 0.130 e. The summed E-state index contributed by atoms with van der Waals surface area (Å²) in [4.78, 5) is 2.17. The Morgan fingerprint density at radius 3 is 1.41 bits per heavy atom. The van der Waals surface area contributed by atoms with Gasteiger partial charge in [0.25, 0.3) is 0 Å². The van der Waals surface area contributed by atoms with E-state index in [4.69, 9.17) is 10.5 Å². The number of aryl methyl sites for hydroxylation is 2. The topological polar surface area (TPSA) is 86.5 Å². The molecule has 0 N–H and O–H groups in total. The van der Waals surface area contributed by atoms with Crippen LogP contribution in [0.4, 0.5) is 17.1 Å². The molecule has 0 radical (unpaired) electrons. The van der Waals surface area contributed by atoms with Crippen molar-refractivity contribution in [3.8, 4) is 34.4 Å². The Balaban J connectivity index is 1.53. The second-order valence-electron chi connectivity index (χ2n) is 8.61. The predicted octanol–water partition coefficient (Wildman–Crippen LogP) is 6.39. The number of allylic oxidation sites excluding steroid dienone is 1. The highest BCUT2D eigenvalue weighted by Crippen LogP contribution is 2.36. The minimum absolute atomic E-state index is 0.0709. The van der Waals surface area contributed by atoms with E-state index in [0.29, 0.717) is 0 Å². The van der Waals surface area contributed by atoms with Crippen LogP contribution in [-0.4, -0.2) is 19.6 Å². The van der Waals surface area contributed by atoms with E-state index in [2.05, 4.69) is 63.6 Å². The van der Waals surface area contributed by atoms with E-state index in [0.717, 1.165) is 44.9 Å². The summed E-state index contributed by atoms with van der Waals surface area (Å²) in [7, 11) is 3.81. The normalized spacial score (nSPS) is 10.4. The van der Waals surface area contributed by atoms with Gasteiger partial charge in [0, 0.05) is 54.7 Å². The molecule has 0 amide bonds. The van der Waals surface area contributed by atoms with Crippen LogP contribution in [-0.2, 0) is 14.1 Å². The molecular formula is C30H23N7. The van der Waals surface area contributed by atoms with Gasteiger partial charge >= 0.3 is 0 Å². The smallest absolute Gasteiger partial charge is 0.130 e. The molecule has 3 aromatic carbocycles. The third-order valence-electron chi connectivity index (χ3n) is 6.03. The van der Waals surface area contributed by atoms with Crippen molar-refractivity contribution in [3.63, 3.8) is 0 Å². The average Bonchev–Trinajstić information content (AvgIpc) is 3.57. The van der Waals surface area contributed by atoms with Crippen molar-refractivity contribution in [2.45, 2.75) is 0 Å². The summed E-state index contributed by atoms with van der Waals surface area (Å²) in [5.74, 6) is 0. The first-order chi connectivity index (χ1) is 18.0. The molecule has 0 aliphatic rings. The molecule has 0 aliphatic carbocycles. The number of aromatic nitrogens is 4. The number of anilines is 3. The lowest BCUT2D eigenvalue weighted by atomic mass is 10.1. The summed E-state index contributed by atoms with van der Waals surface area (Å²) in [6.07, 6.45) is 9.28. The zero-order valence-electron chi connectivity index (χ0n) is 20.4. The van der Waals surface area contributed by atoms with E-state index in [1.165, 1.54) is 0 Å². The van der Waals surface area contributed by atoms with Crippen molar-refractivity contribution < 1.29 is 0 Å². The second kappa shape index (κ2) is 10.1. The van der Waals surface area contributed by atoms with Gasteiger partial charge in [-0.2, -0.15) is 20.7 Å². The molecule has 0 fully saturated rings. The Bertz CT molecular complexity index is 1540. The Morgan fingerprint density at radius 1 is 0.649 bits per heavy atom. The third kappa shape index (κ3) is 5.02. The van der Waals surface area contributed by atoms with Crippen LogP contribution in [0.15, 0.2) is 103 Å². The maximum atomic E-state index is 9.08. The molecule has 0 saturated heterocycles. The van der Waals surface area contributed by atoms with E-state index in [1.807, 2.05) is 75.3 Å². The number of nitrogens with zero attached hydrogens (tertiary/aromatic N) is 7. The lowest BCUT2D eigenvalue weighted by molar-refractivity contribution is 0.768. The lowest BCUT2D eigenvalue weighted by Crippen LogP contribution is -2.09. The number of nitriles is 2. The highest BCUT2D eigenvalue weighted by Gasteiger charge is 2.14. The van der Waals surface area contributed by atoms with Gasteiger partial charge in [-0.3, -0.25) is 9.36 Å². The zero-order chi connectivity index (χ0) is 25.8. The molecule has 7 heteroatoms. The highest BCUT2D eigenvalue weighted by molar-refractivity contribution is 5.80. The molecule has 2 heterocycles. The fourth-order valence-corrected chi connectivity index (χ4v) is 4.17. The molecule has 5 aromatic rings. The Kier molecular flexibility index (Phi) is 6.35. The first kappa shape index (κ1) is 23.3. The van der Waals surface area contributed by atoms with E-state index in [1.54, 1.807) is 15.4 Å². The predicted molar refractivity (Wildman–Crippen MR) is 145 cm³/mol. The largest absolute Gasteiger partial charge is 0.311 e. The molecule has 0 unspecified atom stereocenters. The second-order valence-corrected chi connectivity index (χ2v) is 8.61. The van der Waals surface area contributed by atoms with Crippen LogP contribution in [0, 0.1) is 22.7 Å². The number of hydrogen-bond acceptors (Lipinski definition) is 5. The first-order valence-electron chi connectivity index (χ1n) is 11.6. The fraction of sp³-hybridized carbons (Fsp3) is 0.0667. The van der Waals surface area contributed by atoms with Crippen molar-refractivity contribution in [1.82, 2.24) is 19.6 Å². The van der Waals surface area contributed by atoms with Crippen molar-refractivity contribution in [3.05, 3.63) is 109 Å². The summed E-state index contributed by atoms with van der Waals surface area (Å²) in [5, 5.41) is 26.7. The van der Waals surface area contributed by atoms with Crippen LogP contribution in [0.2, 0.25) is 0 Å². The first-order valence-corrected chi connectivity index (χ1v) is 11.6. The summed E-state index contributed by atoms with van der Waals surface area (Å²) in [5.41, 5.74) is 8.11. The number of rotatable bonds is 6. The molecule has 37 heavy (non-hydrogen) atoms.